The fourth-order valence-corrected chi connectivity index (χ4v) is 2.18. The Bertz CT molecular complexity index is 531. The summed E-state index contributed by atoms with van der Waals surface area (Å²) < 4.78 is 10.5. The highest BCUT2D eigenvalue weighted by Gasteiger charge is 2.33. The van der Waals surface area contributed by atoms with Gasteiger partial charge < -0.3 is 19.5 Å². The van der Waals surface area contributed by atoms with Crippen LogP contribution in [-0.2, 0) is 14.3 Å². The van der Waals surface area contributed by atoms with Gasteiger partial charge in [-0.25, -0.2) is 4.79 Å². The number of anilines is 1. The second-order valence-electron chi connectivity index (χ2n) is 5.00. The Balaban J connectivity index is 2.17. The lowest BCUT2D eigenvalue weighted by molar-refractivity contribution is -0.145. The molecule has 1 aromatic carbocycles. The zero-order chi connectivity index (χ0) is 15.4. The lowest BCUT2D eigenvalue weighted by Gasteiger charge is -2.33. The topological polar surface area (TPSA) is 76.1 Å². The van der Waals surface area contributed by atoms with Crippen molar-refractivity contribution < 1.29 is 24.2 Å². The van der Waals surface area contributed by atoms with Crippen LogP contribution in [0.3, 0.4) is 0 Å². The molecular weight excluding hydrogens is 274 g/mol. The minimum atomic E-state index is -1.08. The molecule has 1 aromatic rings. The molecule has 0 fully saturated rings. The number of amides is 1. The van der Waals surface area contributed by atoms with Gasteiger partial charge in [-0.3, -0.25) is 4.79 Å². The maximum atomic E-state index is 12.4. The first kappa shape index (κ1) is 15.3. The Hall–Kier alpha value is -2.08. The summed E-state index contributed by atoms with van der Waals surface area (Å²) >= 11 is 0. The molecule has 2 unspecified atom stereocenters. The lowest BCUT2D eigenvalue weighted by atomic mass is 10.1. The number of carbonyl (C=O) groups is 2. The first-order valence-corrected chi connectivity index (χ1v) is 6.84. The van der Waals surface area contributed by atoms with Crippen molar-refractivity contribution in [2.24, 2.45) is 0 Å². The van der Waals surface area contributed by atoms with E-state index in [1.165, 1.54) is 4.90 Å². The number of methoxy groups -OCH3 is 1. The number of para-hydroxylation sites is 2. The Morgan fingerprint density at radius 1 is 1.48 bits per heavy atom. The average molecular weight is 293 g/mol. The van der Waals surface area contributed by atoms with E-state index in [2.05, 4.69) is 0 Å². The van der Waals surface area contributed by atoms with E-state index >= 15 is 0 Å². The van der Waals surface area contributed by atoms with Crippen LogP contribution < -0.4 is 9.64 Å². The largest absolute Gasteiger partial charge is 0.478 e. The van der Waals surface area contributed by atoms with Crippen LogP contribution in [0.5, 0.6) is 5.75 Å². The number of rotatable bonds is 5. The van der Waals surface area contributed by atoms with Crippen molar-refractivity contribution in [2.45, 2.75) is 32.0 Å². The van der Waals surface area contributed by atoms with Gasteiger partial charge >= 0.3 is 5.97 Å². The van der Waals surface area contributed by atoms with Gasteiger partial charge in [-0.05, 0) is 25.5 Å². The number of benzene rings is 1. The van der Waals surface area contributed by atoms with Gasteiger partial charge in [0.25, 0.3) is 0 Å². The molecule has 2 rings (SSSR count). The van der Waals surface area contributed by atoms with E-state index in [1.54, 1.807) is 31.4 Å². The van der Waals surface area contributed by atoms with Crippen molar-refractivity contribution in [2.75, 3.05) is 18.6 Å². The molecule has 0 saturated heterocycles. The number of fused-ring (bicyclic) bond motifs is 1. The average Bonchev–Trinajstić information content (AvgIpc) is 2.50. The summed E-state index contributed by atoms with van der Waals surface area (Å²) in [7, 11) is 1.60. The Morgan fingerprint density at radius 3 is 2.86 bits per heavy atom. The first-order valence-electron chi connectivity index (χ1n) is 6.84. The van der Waals surface area contributed by atoms with Gasteiger partial charge in [0.15, 0.2) is 0 Å². The Labute approximate surface area is 123 Å². The number of aliphatic carboxylic acids is 1. The summed E-state index contributed by atoms with van der Waals surface area (Å²) in [5, 5.41) is 9.14. The first-order chi connectivity index (χ1) is 10.0. The van der Waals surface area contributed by atoms with Crippen LogP contribution in [0, 0.1) is 0 Å². The number of hydrogen-bond donors (Lipinski definition) is 1. The van der Waals surface area contributed by atoms with Crippen molar-refractivity contribution in [1.82, 2.24) is 0 Å². The third kappa shape index (κ3) is 3.52. The van der Waals surface area contributed by atoms with E-state index in [1.807, 2.05) is 6.92 Å². The van der Waals surface area contributed by atoms with Gasteiger partial charge in [0.1, 0.15) is 5.75 Å². The van der Waals surface area contributed by atoms with E-state index in [0.29, 0.717) is 24.3 Å². The molecule has 0 radical (unpaired) electrons. The monoisotopic (exact) mass is 293 g/mol. The molecular formula is C15H19NO5. The maximum Gasteiger partial charge on any atom is 0.346 e. The molecule has 1 amide bonds. The summed E-state index contributed by atoms with van der Waals surface area (Å²) in [6.45, 7) is 1.91. The number of carboxylic acid groups (broad SMARTS) is 1. The molecule has 1 N–H and O–H groups in total. The fraction of sp³-hybridized carbons (Fsp3) is 0.467. The van der Waals surface area contributed by atoms with E-state index in [0.717, 1.165) is 0 Å². The van der Waals surface area contributed by atoms with Crippen molar-refractivity contribution in [1.29, 1.82) is 0 Å². The van der Waals surface area contributed by atoms with Gasteiger partial charge in [-0.1, -0.05) is 12.1 Å². The predicted molar refractivity (Wildman–Crippen MR) is 76.6 cm³/mol. The van der Waals surface area contributed by atoms with Crippen LogP contribution in [0.4, 0.5) is 5.69 Å². The van der Waals surface area contributed by atoms with E-state index in [-0.39, 0.29) is 18.6 Å². The zero-order valence-electron chi connectivity index (χ0n) is 12.1. The van der Waals surface area contributed by atoms with Gasteiger partial charge in [-0.2, -0.15) is 0 Å². The molecule has 21 heavy (non-hydrogen) atoms. The van der Waals surface area contributed by atoms with E-state index in [9.17, 15) is 9.59 Å². The Kier molecular flexibility index (Phi) is 4.80. The normalized spacial score (nSPS) is 18.6. The SMILES string of the molecule is COC(C)CCC(=O)N1CC(C(=O)O)Oc2ccccc21. The second kappa shape index (κ2) is 6.58. The highest BCUT2D eigenvalue weighted by Crippen LogP contribution is 2.33. The van der Waals surface area contributed by atoms with Gasteiger partial charge in [0.05, 0.1) is 18.3 Å². The van der Waals surface area contributed by atoms with Gasteiger partial charge in [-0.15, -0.1) is 0 Å². The molecule has 2 atom stereocenters. The number of carbonyl (C=O) groups excluding carboxylic acids is 1. The van der Waals surface area contributed by atoms with Crippen molar-refractivity contribution in [3.8, 4) is 5.75 Å². The number of ether oxygens (including phenoxy) is 2. The van der Waals surface area contributed by atoms with Crippen LogP contribution in [0.2, 0.25) is 0 Å². The number of carboxylic acids is 1. The van der Waals surface area contributed by atoms with Gasteiger partial charge in [0, 0.05) is 13.5 Å². The summed E-state index contributed by atoms with van der Waals surface area (Å²) in [4.78, 5) is 25.0. The molecule has 6 heteroatoms. The summed E-state index contributed by atoms with van der Waals surface area (Å²) in [6, 6.07) is 6.97. The smallest absolute Gasteiger partial charge is 0.346 e. The van der Waals surface area contributed by atoms with E-state index < -0.39 is 12.1 Å². The maximum absolute atomic E-state index is 12.4. The van der Waals surface area contributed by atoms with Crippen molar-refractivity contribution in [3.63, 3.8) is 0 Å². The third-order valence-electron chi connectivity index (χ3n) is 3.52. The number of hydrogen-bond acceptors (Lipinski definition) is 4. The van der Waals surface area contributed by atoms with Crippen LogP contribution in [-0.4, -0.2) is 42.8 Å². The minimum Gasteiger partial charge on any atom is -0.478 e. The highest BCUT2D eigenvalue weighted by atomic mass is 16.5. The van der Waals surface area contributed by atoms with Crippen molar-refractivity contribution >= 4 is 17.6 Å². The summed E-state index contributed by atoms with van der Waals surface area (Å²) in [5.74, 6) is -0.780. The molecule has 0 saturated carbocycles. The predicted octanol–water partition coefficient (Wildman–Crippen LogP) is 1.68. The molecule has 0 aliphatic carbocycles. The van der Waals surface area contributed by atoms with Crippen LogP contribution in [0.15, 0.2) is 24.3 Å². The fourth-order valence-electron chi connectivity index (χ4n) is 2.18. The molecule has 0 aromatic heterocycles. The molecule has 0 bridgehead atoms. The van der Waals surface area contributed by atoms with E-state index in [4.69, 9.17) is 14.6 Å². The molecule has 1 heterocycles. The molecule has 1 aliphatic heterocycles. The second-order valence-corrected chi connectivity index (χ2v) is 5.00. The quantitative estimate of drug-likeness (QED) is 0.894. The molecule has 1 aliphatic rings. The van der Waals surface area contributed by atoms with Crippen LogP contribution in [0.1, 0.15) is 19.8 Å². The lowest BCUT2D eigenvalue weighted by Crippen LogP contribution is -2.47. The molecule has 114 valence electrons. The molecule has 0 spiro atoms. The Morgan fingerprint density at radius 2 is 2.19 bits per heavy atom. The van der Waals surface area contributed by atoms with Crippen LogP contribution in [0.25, 0.3) is 0 Å². The third-order valence-corrected chi connectivity index (χ3v) is 3.52. The number of nitrogens with zero attached hydrogens (tertiary/aromatic N) is 1. The standard InChI is InChI=1S/C15H19NO5/c1-10(20-2)7-8-14(17)16-9-13(15(18)19)21-12-6-4-3-5-11(12)16/h3-6,10,13H,7-9H2,1-2H3,(H,18,19). The zero-order valence-corrected chi connectivity index (χ0v) is 12.1. The minimum absolute atomic E-state index is 0.0134. The highest BCUT2D eigenvalue weighted by molar-refractivity contribution is 5.96. The summed E-state index contributed by atoms with van der Waals surface area (Å²) in [5.41, 5.74) is 0.616. The van der Waals surface area contributed by atoms with Gasteiger partial charge in [0.2, 0.25) is 12.0 Å². The molecule has 6 nitrogen and oxygen atoms in total. The van der Waals surface area contributed by atoms with Crippen molar-refractivity contribution in [3.05, 3.63) is 24.3 Å². The summed E-state index contributed by atoms with van der Waals surface area (Å²) in [6.07, 6.45) is -0.161. The van der Waals surface area contributed by atoms with Crippen LogP contribution >= 0.6 is 0 Å².